The van der Waals surface area contributed by atoms with Crippen molar-refractivity contribution in [3.63, 3.8) is 0 Å². The molecule has 2 N–H and O–H groups in total. The molecule has 0 spiro atoms. The average Bonchev–Trinajstić information content (AvgIpc) is 2.65. The summed E-state index contributed by atoms with van der Waals surface area (Å²) < 4.78 is 19.5. The number of carbonyl (C=O) groups excluding carboxylic acids is 1. The molecule has 1 aromatic heterocycles. The van der Waals surface area contributed by atoms with Gasteiger partial charge in [0.1, 0.15) is 6.33 Å². The van der Waals surface area contributed by atoms with Gasteiger partial charge in [-0.25, -0.2) is 14.4 Å². The van der Waals surface area contributed by atoms with E-state index in [9.17, 15) is 9.18 Å². The van der Waals surface area contributed by atoms with E-state index in [0.29, 0.717) is 5.69 Å². The van der Waals surface area contributed by atoms with Crippen molar-refractivity contribution in [1.82, 2.24) is 15.3 Å². The van der Waals surface area contributed by atoms with Crippen LogP contribution in [0.5, 0.6) is 11.6 Å². The molecule has 1 heterocycles. The highest BCUT2D eigenvalue weighted by atomic mass is 32.1. The van der Waals surface area contributed by atoms with Gasteiger partial charge in [-0.05, 0) is 29.9 Å². The Morgan fingerprint density at radius 1 is 1.22 bits per heavy atom. The van der Waals surface area contributed by atoms with E-state index in [1.165, 1.54) is 24.5 Å². The van der Waals surface area contributed by atoms with Crippen molar-refractivity contribution in [2.75, 3.05) is 5.32 Å². The number of anilines is 1. The normalized spacial score (nSPS) is 10.1. The van der Waals surface area contributed by atoms with Crippen LogP contribution in [0.15, 0.2) is 60.9 Å². The summed E-state index contributed by atoms with van der Waals surface area (Å²) in [5, 5.41) is 5.40. The minimum absolute atomic E-state index is 0.00770. The zero-order valence-corrected chi connectivity index (χ0v) is 14.8. The molecule has 0 atom stereocenters. The van der Waals surface area contributed by atoms with Crippen LogP contribution >= 0.6 is 12.2 Å². The van der Waals surface area contributed by atoms with Gasteiger partial charge < -0.3 is 15.4 Å². The average molecular weight is 381 g/mol. The standard InChI is InChI=1S/C19H14FN4O2S/c20-15-11-14(6-7-16(15)26-18-8-9-21-12-22-18)23-19(27)24-17(25)10-13-4-2-1-3-5-13/h1-8,11-12H,10H2,(H2,23,24,25,27). The van der Waals surface area contributed by atoms with Gasteiger partial charge in [0.15, 0.2) is 16.7 Å². The largest absolute Gasteiger partial charge is 0.436 e. The number of halogens is 1. The lowest BCUT2D eigenvalue weighted by atomic mass is 10.1. The second-order valence-electron chi connectivity index (χ2n) is 5.40. The molecular weight excluding hydrogens is 367 g/mol. The predicted octanol–water partition coefficient (Wildman–Crippen LogP) is 3.26. The van der Waals surface area contributed by atoms with Crippen LogP contribution in [0.2, 0.25) is 0 Å². The molecule has 27 heavy (non-hydrogen) atoms. The Hall–Kier alpha value is -3.39. The van der Waals surface area contributed by atoms with Crippen LogP contribution in [0.3, 0.4) is 0 Å². The molecule has 1 radical (unpaired) electrons. The fourth-order valence-electron chi connectivity index (χ4n) is 2.19. The summed E-state index contributed by atoms with van der Waals surface area (Å²) >= 11 is 5.09. The summed E-state index contributed by atoms with van der Waals surface area (Å²) in [7, 11) is 0. The molecular formula is C19H14FN4O2S. The van der Waals surface area contributed by atoms with Gasteiger partial charge >= 0.3 is 0 Å². The highest BCUT2D eigenvalue weighted by Gasteiger charge is 2.10. The van der Waals surface area contributed by atoms with Crippen LogP contribution in [0.25, 0.3) is 0 Å². The second kappa shape index (κ2) is 8.81. The number of thiocarbonyl (C=S) groups is 1. The summed E-state index contributed by atoms with van der Waals surface area (Å²) in [6.07, 6.45) is 3.99. The van der Waals surface area contributed by atoms with E-state index in [-0.39, 0.29) is 29.1 Å². The minimum Gasteiger partial charge on any atom is -0.436 e. The van der Waals surface area contributed by atoms with Crippen LogP contribution in [-0.2, 0) is 11.2 Å². The molecule has 0 bridgehead atoms. The van der Waals surface area contributed by atoms with Crippen LogP contribution in [0, 0.1) is 12.0 Å². The smallest absolute Gasteiger partial charge is 0.230 e. The Morgan fingerprint density at radius 3 is 2.74 bits per heavy atom. The first-order valence-corrected chi connectivity index (χ1v) is 8.31. The van der Waals surface area contributed by atoms with Crippen molar-refractivity contribution < 1.29 is 13.9 Å². The molecule has 2 aromatic carbocycles. The van der Waals surface area contributed by atoms with Gasteiger partial charge in [0.2, 0.25) is 11.8 Å². The molecule has 0 saturated heterocycles. The number of benzene rings is 2. The number of aromatic nitrogens is 2. The van der Waals surface area contributed by atoms with Crippen LogP contribution in [0.1, 0.15) is 5.56 Å². The first-order chi connectivity index (χ1) is 13.1. The SMILES string of the molecule is O=C(Cc1ccccc1)NC(=S)Nc1ccc(Oc2c[c]ncn2)c(F)c1. The van der Waals surface area contributed by atoms with Crippen molar-refractivity contribution in [2.45, 2.75) is 6.42 Å². The molecule has 0 aliphatic carbocycles. The lowest BCUT2D eigenvalue weighted by Crippen LogP contribution is -2.35. The van der Waals surface area contributed by atoms with Crippen LogP contribution < -0.4 is 15.4 Å². The van der Waals surface area contributed by atoms with Crippen molar-refractivity contribution in [3.05, 3.63) is 78.5 Å². The topological polar surface area (TPSA) is 76.1 Å². The number of carbonyl (C=O) groups is 1. The van der Waals surface area contributed by atoms with E-state index in [1.807, 2.05) is 30.3 Å². The molecule has 0 fully saturated rings. The van der Waals surface area contributed by atoms with E-state index in [2.05, 4.69) is 26.8 Å². The number of nitrogens with zero attached hydrogens (tertiary/aromatic N) is 2. The molecule has 0 unspecified atom stereocenters. The zero-order chi connectivity index (χ0) is 19.1. The third-order valence-electron chi connectivity index (χ3n) is 3.37. The van der Waals surface area contributed by atoms with Gasteiger partial charge in [-0.1, -0.05) is 30.3 Å². The third kappa shape index (κ3) is 5.55. The monoisotopic (exact) mass is 381 g/mol. The summed E-state index contributed by atoms with van der Waals surface area (Å²) in [5.41, 5.74) is 1.24. The van der Waals surface area contributed by atoms with E-state index >= 15 is 0 Å². The maximum atomic E-state index is 14.2. The number of hydrogen-bond donors (Lipinski definition) is 2. The predicted molar refractivity (Wildman–Crippen MR) is 102 cm³/mol. The highest BCUT2D eigenvalue weighted by Crippen LogP contribution is 2.25. The van der Waals surface area contributed by atoms with Crippen molar-refractivity contribution in [2.24, 2.45) is 0 Å². The van der Waals surface area contributed by atoms with E-state index in [4.69, 9.17) is 17.0 Å². The van der Waals surface area contributed by atoms with Gasteiger partial charge in [-0.2, -0.15) is 0 Å². The molecule has 3 rings (SSSR count). The minimum atomic E-state index is -0.614. The Bertz CT molecular complexity index is 939. The Labute approximate surface area is 160 Å². The summed E-state index contributed by atoms with van der Waals surface area (Å²) in [6.45, 7) is 0. The summed E-state index contributed by atoms with van der Waals surface area (Å²) in [6, 6.07) is 14.9. The van der Waals surface area contributed by atoms with Gasteiger partial charge in [-0.15, -0.1) is 0 Å². The van der Waals surface area contributed by atoms with E-state index in [0.717, 1.165) is 5.56 Å². The van der Waals surface area contributed by atoms with E-state index < -0.39 is 5.82 Å². The van der Waals surface area contributed by atoms with Gasteiger partial charge in [0, 0.05) is 17.8 Å². The maximum absolute atomic E-state index is 14.2. The number of amides is 1. The Kier molecular flexibility index (Phi) is 6.01. The Morgan fingerprint density at radius 2 is 2.04 bits per heavy atom. The number of ether oxygens (including phenoxy) is 1. The first-order valence-electron chi connectivity index (χ1n) is 7.90. The lowest BCUT2D eigenvalue weighted by Gasteiger charge is -2.11. The molecule has 6 nitrogen and oxygen atoms in total. The van der Waals surface area contributed by atoms with Gasteiger partial charge in [-0.3, -0.25) is 4.79 Å². The molecule has 0 saturated carbocycles. The molecule has 0 aliphatic rings. The maximum Gasteiger partial charge on any atom is 0.230 e. The summed E-state index contributed by atoms with van der Waals surface area (Å²) in [5.74, 6) is -0.712. The number of nitrogens with one attached hydrogen (secondary N) is 2. The third-order valence-corrected chi connectivity index (χ3v) is 3.57. The molecule has 3 aromatic rings. The zero-order valence-electron chi connectivity index (χ0n) is 14.0. The fraction of sp³-hybridized carbons (Fsp3) is 0.0526. The van der Waals surface area contributed by atoms with Crippen molar-refractivity contribution in [1.29, 1.82) is 0 Å². The molecule has 0 aliphatic heterocycles. The first kappa shape index (κ1) is 18.4. The fourth-order valence-corrected chi connectivity index (χ4v) is 2.42. The molecule has 1 amide bonds. The molecule has 135 valence electrons. The molecule has 8 heteroatoms. The van der Waals surface area contributed by atoms with Gasteiger partial charge in [0.05, 0.1) is 12.6 Å². The van der Waals surface area contributed by atoms with Crippen molar-refractivity contribution >= 4 is 28.9 Å². The van der Waals surface area contributed by atoms with Crippen molar-refractivity contribution in [3.8, 4) is 11.6 Å². The summed E-state index contributed by atoms with van der Waals surface area (Å²) in [4.78, 5) is 19.5. The van der Waals surface area contributed by atoms with Crippen LogP contribution in [0.4, 0.5) is 10.1 Å². The second-order valence-corrected chi connectivity index (χ2v) is 5.81. The number of rotatable bonds is 5. The van der Waals surface area contributed by atoms with Gasteiger partial charge in [0.25, 0.3) is 0 Å². The van der Waals surface area contributed by atoms with Crippen LogP contribution in [-0.4, -0.2) is 21.0 Å². The number of hydrogen-bond acceptors (Lipinski definition) is 5. The lowest BCUT2D eigenvalue weighted by molar-refractivity contribution is -0.119. The highest BCUT2D eigenvalue weighted by molar-refractivity contribution is 7.80. The van der Waals surface area contributed by atoms with E-state index in [1.54, 1.807) is 6.07 Å². The Balaban J connectivity index is 1.56. The quantitative estimate of drug-likeness (QED) is 0.661.